The van der Waals surface area contributed by atoms with Gasteiger partial charge in [0.15, 0.2) is 17.3 Å². The van der Waals surface area contributed by atoms with Crippen LogP contribution in [0.1, 0.15) is 37.0 Å². The van der Waals surface area contributed by atoms with E-state index in [-0.39, 0.29) is 23.9 Å². The molecule has 1 rings (SSSR count). The van der Waals surface area contributed by atoms with Crippen LogP contribution in [0.4, 0.5) is 0 Å². The lowest BCUT2D eigenvalue weighted by Gasteiger charge is -2.09. The monoisotopic (exact) mass is 264 g/mol. The third-order valence-electron chi connectivity index (χ3n) is 2.70. The average molecular weight is 264 g/mol. The Kier molecular flexibility index (Phi) is 5.55. The molecule has 0 bridgehead atoms. The zero-order valence-electron chi connectivity index (χ0n) is 11.9. The largest absolute Gasteiger partial charge is 0.493 e. The lowest BCUT2D eigenvalue weighted by molar-refractivity contribution is -0.118. The topological polar surface area (TPSA) is 52.6 Å². The van der Waals surface area contributed by atoms with E-state index >= 15 is 0 Å². The maximum absolute atomic E-state index is 12.0. The first-order valence-corrected chi connectivity index (χ1v) is 6.24. The molecule has 0 saturated heterocycles. The molecule has 0 N–H and O–H groups in total. The van der Waals surface area contributed by atoms with Gasteiger partial charge in [-0.15, -0.1) is 0 Å². The summed E-state index contributed by atoms with van der Waals surface area (Å²) in [6, 6.07) is 4.91. The normalized spacial score (nSPS) is 10.4. The molecule has 4 nitrogen and oxygen atoms in total. The Hall–Kier alpha value is -1.84. The molecule has 0 aromatic heterocycles. The zero-order chi connectivity index (χ0) is 14.4. The number of hydrogen-bond donors (Lipinski definition) is 0. The molecule has 19 heavy (non-hydrogen) atoms. The molecule has 1 aromatic rings. The van der Waals surface area contributed by atoms with Crippen molar-refractivity contribution in [1.82, 2.24) is 0 Å². The van der Waals surface area contributed by atoms with Gasteiger partial charge in [-0.25, -0.2) is 0 Å². The maximum Gasteiger partial charge on any atom is 0.170 e. The predicted octanol–water partition coefficient (Wildman–Crippen LogP) is 2.89. The number of carbonyl (C=O) groups excluding carboxylic acids is 2. The molecule has 1 aromatic carbocycles. The van der Waals surface area contributed by atoms with Gasteiger partial charge in [0.05, 0.1) is 20.6 Å². The Morgan fingerprint density at radius 3 is 2.26 bits per heavy atom. The Labute approximate surface area is 113 Å². The summed E-state index contributed by atoms with van der Waals surface area (Å²) < 4.78 is 10.2. The van der Waals surface area contributed by atoms with Crippen molar-refractivity contribution in [2.75, 3.05) is 14.2 Å². The first-order chi connectivity index (χ1) is 8.97. The molecule has 0 unspecified atom stereocenters. The molecular formula is C15H20O4. The molecule has 0 amide bonds. The summed E-state index contributed by atoms with van der Waals surface area (Å²) in [6.45, 7) is 3.91. The molecule has 104 valence electrons. The highest BCUT2D eigenvalue weighted by Crippen LogP contribution is 2.28. The first-order valence-electron chi connectivity index (χ1n) is 6.24. The van der Waals surface area contributed by atoms with E-state index in [2.05, 4.69) is 0 Å². The molecule has 0 atom stereocenters. The van der Waals surface area contributed by atoms with Crippen LogP contribution in [0.2, 0.25) is 0 Å². The quantitative estimate of drug-likeness (QED) is 0.561. The van der Waals surface area contributed by atoms with Gasteiger partial charge in [-0.05, 0) is 24.1 Å². The number of ketones is 2. The van der Waals surface area contributed by atoms with Crippen molar-refractivity contribution in [2.45, 2.75) is 26.7 Å². The third-order valence-corrected chi connectivity index (χ3v) is 2.70. The second-order valence-electron chi connectivity index (χ2n) is 4.81. The van der Waals surface area contributed by atoms with Crippen LogP contribution in [0.25, 0.3) is 0 Å². The van der Waals surface area contributed by atoms with Crippen LogP contribution >= 0.6 is 0 Å². The van der Waals surface area contributed by atoms with E-state index in [1.807, 2.05) is 13.8 Å². The van der Waals surface area contributed by atoms with Gasteiger partial charge in [0.25, 0.3) is 0 Å². The van der Waals surface area contributed by atoms with Crippen molar-refractivity contribution >= 4 is 11.6 Å². The third kappa shape index (κ3) is 4.39. The summed E-state index contributed by atoms with van der Waals surface area (Å²) in [5, 5.41) is 0. The van der Waals surface area contributed by atoms with E-state index in [0.29, 0.717) is 23.5 Å². The van der Waals surface area contributed by atoms with Gasteiger partial charge < -0.3 is 9.47 Å². The highest BCUT2D eigenvalue weighted by molar-refractivity contribution is 6.08. The van der Waals surface area contributed by atoms with Gasteiger partial charge in [0.1, 0.15) is 5.78 Å². The highest BCUT2D eigenvalue weighted by Gasteiger charge is 2.15. The number of hydrogen-bond acceptors (Lipinski definition) is 4. The van der Waals surface area contributed by atoms with Crippen LogP contribution in [0, 0.1) is 5.92 Å². The fourth-order valence-electron chi connectivity index (χ4n) is 1.82. The SMILES string of the molecule is COc1ccc(C(=O)CC(=O)CC(C)C)cc1OC. The van der Waals surface area contributed by atoms with Crippen LogP contribution in [0.5, 0.6) is 11.5 Å². The molecule has 0 radical (unpaired) electrons. The van der Waals surface area contributed by atoms with Crippen molar-refractivity contribution in [2.24, 2.45) is 5.92 Å². The second kappa shape index (κ2) is 6.92. The minimum absolute atomic E-state index is 0.0326. The number of rotatable bonds is 7. The van der Waals surface area contributed by atoms with Crippen LogP contribution in [-0.2, 0) is 4.79 Å². The van der Waals surface area contributed by atoms with Crippen molar-refractivity contribution in [1.29, 1.82) is 0 Å². The molecule has 0 heterocycles. The number of ether oxygens (including phenoxy) is 2. The number of benzene rings is 1. The predicted molar refractivity (Wildman–Crippen MR) is 73.0 cm³/mol. The van der Waals surface area contributed by atoms with Crippen LogP contribution in [0.15, 0.2) is 18.2 Å². The van der Waals surface area contributed by atoms with E-state index in [0.717, 1.165) is 0 Å². The van der Waals surface area contributed by atoms with Crippen molar-refractivity contribution in [3.05, 3.63) is 23.8 Å². The zero-order valence-corrected chi connectivity index (χ0v) is 11.9. The second-order valence-corrected chi connectivity index (χ2v) is 4.81. The Morgan fingerprint density at radius 1 is 1.11 bits per heavy atom. The fourth-order valence-corrected chi connectivity index (χ4v) is 1.82. The minimum Gasteiger partial charge on any atom is -0.493 e. The van der Waals surface area contributed by atoms with E-state index in [4.69, 9.17) is 9.47 Å². The Bertz CT molecular complexity index is 463. The highest BCUT2D eigenvalue weighted by atomic mass is 16.5. The summed E-state index contributed by atoms with van der Waals surface area (Å²) in [4.78, 5) is 23.6. The Balaban J connectivity index is 2.80. The molecule has 0 aliphatic heterocycles. The van der Waals surface area contributed by atoms with Gasteiger partial charge in [0.2, 0.25) is 0 Å². The van der Waals surface area contributed by atoms with E-state index in [1.54, 1.807) is 18.2 Å². The summed E-state index contributed by atoms with van der Waals surface area (Å²) >= 11 is 0. The fraction of sp³-hybridized carbons (Fsp3) is 0.467. The van der Waals surface area contributed by atoms with Gasteiger partial charge in [-0.3, -0.25) is 9.59 Å². The smallest absolute Gasteiger partial charge is 0.170 e. The molecule has 0 fully saturated rings. The van der Waals surface area contributed by atoms with Gasteiger partial charge in [0, 0.05) is 12.0 Å². The van der Waals surface area contributed by atoms with Crippen LogP contribution in [-0.4, -0.2) is 25.8 Å². The van der Waals surface area contributed by atoms with E-state index in [9.17, 15) is 9.59 Å². The summed E-state index contributed by atoms with van der Waals surface area (Å²) in [5.74, 6) is 1.10. The lowest BCUT2D eigenvalue weighted by Crippen LogP contribution is -2.10. The van der Waals surface area contributed by atoms with Crippen LogP contribution < -0.4 is 9.47 Å². The maximum atomic E-state index is 12.0. The Morgan fingerprint density at radius 2 is 1.74 bits per heavy atom. The number of methoxy groups -OCH3 is 2. The van der Waals surface area contributed by atoms with Crippen molar-refractivity contribution in [3.63, 3.8) is 0 Å². The average Bonchev–Trinajstić information content (AvgIpc) is 2.36. The van der Waals surface area contributed by atoms with Gasteiger partial charge in [-0.1, -0.05) is 13.8 Å². The van der Waals surface area contributed by atoms with E-state index in [1.165, 1.54) is 14.2 Å². The standard InChI is InChI=1S/C15H20O4/c1-10(2)7-12(16)9-13(17)11-5-6-14(18-3)15(8-11)19-4/h5-6,8,10H,7,9H2,1-4H3. The van der Waals surface area contributed by atoms with Gasteiger partial charge in [-0.2, -0.15) is 0 Å². The van der Waals surface area contributed by atoms with E-state index < -0.39 is 0 Å². The molecular weight excluding hydrogens is 244 g/mol. The minimum atomic E-state index is -0.188. The summed E-state index contributed by atoms with van der Waals surface area (Å²) in [6.07, 6.45) is 0.368. The first kappa shape index (κ1) is 15.2. The van der Waals surface area contributed by atoms with Crippen molar-refractivity contribution < 1.29 is 19.1 Å². The van der Waals surface area contributed by atoms with Gasteiger partial charge >= 0.3 is 0 Å². The summed E-state index contributed by atoms with van der Waals surface area (Å²) in [7, 11) is 3.04. The lowest BCUT2D eigenvalue weighted by atomic mass is 10.00. The number of carbonyl (C=O) groups is 2. The van der Waals surface area contributed by atoms with Crippen molar-refractivity contribution in [3.8, 4) is 11.5 Å². The molecule has 0 spiro atoms. The summed E-state index contributed by atoms with van der Waals surface area (Å²) in [5.41, 5.74) is 0.467. The number of Topliss-reactive ketones (excluding diaryl/α,β-unsaturated/α-hetero) is 2. The molecule has 0 aliphatic carbocycles. The van der Waals surface area contributed by atoms with Crippen LogP contribution in [0.3, 0.4) is 0 Å². The molecule has 0 aliphatic rings. The molecule has 4 heteroatoms. The molecule has 0 saturated carbocycles.